The molecular formula is C23H25FN2O6. The standard InChI is InChI=1S/C23H25FN2O6/c1-4-32-16-11-9-15(10-12-16)26-20(27)13-19(23(26)29)25(14-21(30-2)31-3)22(28)17-7-5-6-8-18(17)24/h5-12,19,21H,4,13-14H2,1-3H3. The molecule has 0 bridgehead atoms. The number of amides is 3. The summed E-state index contributed by atoms with van der Waals surface area (Å²) in [5.41, 5.74) is 0.150. The Labute approximate surface area is 185 Å². The number of carbonyl (C=O) groups is 3. The molecule has 0 saturated carbocycles. The van der Waals surface area contributed by atoms with Gasteiger partial charge >= 0.3 is 0 Å². The largest absolute Gasteiger partial charge is 0.494 e. The van der Waals surface area contributed by atoms with E-state index in [2.05, 4.69) is 0 Å². The molecule has 1 heterocycles. The van der Waals surface area contributed by atoms with Crippen LogP contribution in [0.25, 0.3) is 0 Å². The fourth-order valence-electron chi connectivity index (χ4n) is 3.54. The quantitative estimate of drug-likeness (QED) is 0.437. The lowest BCUT2D eigenvalue weighted by Gasteiger charge is -2.30. The van der Waals surface area contributed by atoms with Gasteiger partial charge in [0.25, 0.3) is 11.8 Å². The smallest absolute Gasteiger partial charge is 0.257 e. The van der Waals surface area contributed by atoms with E-state index in [9.17, 15) is 18.8 Å². The lowest BCUT2D eigenvalue weighted by molar-refractivity contribution is -0.128. The molecule has 2 aromatic carbocycles. The van der Waals surface area contributed by atoms with Crippen molar-refractivity contribution in [2.45, 2.75) is 25.7 Å². The van der Waals surface area contributed by atoms with Crippen molar-refractivity contribution in [3.63, 3.8) is 0 Å². The third-order valence-electron chi connectivity index (χ3n) is 5.14. The topological polar surface area (TPSA) is 85.4 Å². The first-order valence-electron chi connectivity index (χ1n) is 10.1. The van der Waals surface area contributed by atoms with E-state index in [1.54, 1.807) is 24.3 Å². The maximum Gasteiger partial charge on any atom is 0.257 e. The van der Waals surface area contributed by atoms with Crippen LogP contribution in [0.4, 0.5) is 10.1 Å². The summed E-state index contributed by atoms with van der Waals surface area (Å²) >= 11 is 0. The van der Waals surface area contributed by atoms with Crippen LogP contribution in [0.3, 0.4) is 0 Å². The predicted octanol–water partition coefficient (Wildman–Crippen LogP) is 2.62. The number of anilines is 1. The Kier molecular flexibility index (Phi) is 7.55. The van der Waals surface area contributed by atoms with Crippen molar-refractivity contribution in [3.05, 3.63) is 59.9 Å². The van der Waals surface area contributed by atoms with Crippen LogP contribution < -0.4 is 9.64 Å². The molecule has 170 valence electrons. The van der Waals surface area contributed by atoms with E-state index < -0.39 is 35.9 Å². The first-order chi connectivity index (χ1) is 15.4. The molecule has 0 radical (unpaired) electrons. The van der Waals surface area contributed by atoms with Gasteiger partial charge in [-0.05, 0) is 43.3 Å². The minimum Gasteiger partial charge on any atom is -0.494 e. The van der Waals surface area contributed by atoms with Gasteiger partial charge in [0.1, 0.15) is 17.6 Å². The minimum atomic E-state index is -1.13. The van der Waals surface area contributed by atoms with Crippen LogP contribution >= 0.6 is 0 Å². The second-order valence-electron chi connectivity index (χ2n) is 7.05. The zero-order valence-electron chi connectivity index (χ0n) is 18.1. The van der Waals surface area contributed by atoms with Crippen molar-refractivity contribution in [1.82, 2.24) is 4.90 Å². The van der Waals surface area contributed by atoms with Gasteiger partial charge in [-0.25, -0.2) is 9.29 Å². The van der Waals surface area contributed by atoms with Crippen LogP contribution in [-0.4, -0.2) is 62.3 Å². The van der Waals surface area contributed by atoms with Crippen molar-refractivity contribution >= 4 is 23.4 Å². The highest BCUT2D eigenvalue weighted by Crippen LogP contribution is 2.29. The van der Waals surface area contributed by atoms with Gasteiger partial charge in [-0.15, -0.1) is 0 Å². The molecule has 0 N–H and O–H groups in total. The zero-order chi connectivity index (χ0) is 23.3. The first-order valence-corrected chi connectivity index (χ1v) is 10.1. The Morgan fingerprint density at radius 2 is 1.78 bits per heavy atom. The molecule has 0 aliphatic carbocycles. The second kappa shape index (κ2) is 10.3. The summed E-state index contributed by atoms with van der Waals surface area (Å²) < 4.78 is 30.1. The van der Waals surface area contributed by atoms with Crippen molar-refractivity contribution in [2.75, 3.05) is 32.3 Å². The molecular weight excluding hydrogens is 419 g/mol. The fraction of sp³-hybridized carbons (Fsp3) is 0.348. The number of hydrogen-bond acceptors (Lipinski definition) is 6. The number of imide groups is 1. The van der Waals surface area contributed by atoms with Gasteiger partial charge in [-0.2, -0.15) is 0 Å². The van der Waals surface area contributed by atoms with Gasteiger partial charge in [-0.1, -0.05) is 12.1 Å². The van der Waals surface area contributed by atoms with Crippen molar-refractivity contribution in [3.8, 4) is 5.75 Å². The summed E-state index contributed by atoms with van der Waals surface area (Å²) in [6.07, 6.45) is -1.11. The molecule has 3 amide bonds. The van der Waals surface area contributed by atoms with Gasteiger partial charge in [0.05, 0.1) is 30.8 Å². The lowest BCUT2D eigenvalue weighted by Crippen LogP contribution is -2.49. The number of halogens is 1. The predicted molar refractivity (Wildman–Crippen MR) is 114 cm³/mol. The third kappa shape index (κ3) is 4.79. The van der Waals surface area contributed by atoms with E-state index in [4.69, 9.17) is 14.2 Å². The maximum absolute atomic E-state index is 14.3. The molecule has 0 aromatic heterocycles. The molecule has 1 aliphatic rings. The number of nitrogens with zero attached hydrogens (tertiary/aromatic N) is 2. The Hall–Kier alpha value is -3.30. The summed E-state index contributed by atoms with van der Waals surface area (Å²) in [5, 5.41) is 0. The Balaban J connectivity index is 1.92. The number of carbonyl (C=O) groups excluding carboxylic acids is 3. The Bertz CT molecular complexity index is 977. The van der Waals surface area contributed by atoms with Gasteiger partial charge in [-0.3, -0.25) is 14.4 Å². The first kappa shape index (κ1) is 23.4. The average Bonchev–Trinajstić information content (AvgIpc) is 3.09. The van der Waals surface area contributed by atoms with Crippen LogP contribution in [0.15, 0.2) is 48.5 Å². The fourth-order valence-corrected chi connectivity index (χ4v) is 3.54. The van der Waals surface area contributed by atoms with Crippen molar-refractivity contribution in [1.29, 1.82) is 0 Å². The van der Waals surface area contributed by atoms with Crippen LogP contribution in [0.1, 0.15) is 23.7 Å². The van der Waals surface area contributed by atoms with Crippen LogP contribution in [0.5, 0.6) is 5.75 Å². The molecule has 1 fully saturated rings. The Morgan fingerprint density at radius 3 is 2.38 bits per heavy atom. The minimum absolute atomic E-state index is 0.166. The van der Waals surface area contributed by atoms with E-state index in [1.807, 2.05) is 6.92 Å². The number of ether oxygens (including phenoxy) is 3. The van der Waals surface area contributed by atoms with E-state index in [-0.39, 0.29) is 18.5 Å². The highest BCUT2D eigenvalue weighted by atomic mass is 19.1. The summed E-state index contributed by atoms with van der Waals surface area (Å²) in [7, 11) is 2.77. The zero-order valence-corrected chi connectivity index (χ0v) is 18.1. The van der Waals surface area contributed by atoms with Gasteiger partial charge < -0.3 is 19.1 Å². The molecule has 1 aliphatic heterocycles. The summed E-state index contributed by atoms with van der Waals surface area (Å²) in [6, 6.07) is 10.8. The van der Waals surface area contributed by atoms with Crippen molar-refractivity contribution in [2.24, 2.45) is 0 Å². The van der Waals surface area contributed by atoms with E-state index >= 15 is 0 Å². The Morgan fingerprint density at radius 1 is 1.12 bits per heavy atom. The van der Waals surface area contributed by atoms with Crippen LogP contribution in [0, 0.1) is 5.82 Å². The third-order valence-corrected chi connectivity index (χ3v) is 5.14. The molecule has 1 saturated heterocycles. The van der Waals surface area contributed by atoms with Gasteiger partial charge in [0.2, 0.25) is 5.91 Å². The molecule has 1 unspecified atom stereocenters. The molecule has 3 rings (SSSR count). The molecule has 32 heavy (non-hydrogen) atoms. The molecule has 2 aromatic rings. The maximum atomic E-state index is 14.3. The van der Waals surface area contributed by atoms with Gasteiger partial charge in [0, 0.05) is 14.2 Å². The molecule has 0 spiro atoms. The van der Waals surface area contributed by atoms with Crippen LogP contribution in [-0.2, 0) is 19.1 Å². The number of rotatable bonds is 9. The number of benzene rings is 2. The highest BCUT2D eigenvalue weighted by molar-refractivity contribution is 6.23. The SMILES string of the molecule is CCOc1ccc(N2C(=O)CC(N(CC(OC)OC)C(=O)c3ccccc3F)C2=O)cc1. The normalized spacial score (nSPS) is 16.0. The monoisotopic (exact) mass is 444 g/mol. The highest BCUT2D eigenvalue weighted by Gasteiger charge is 2.45. The number of methoxy groups -OCH3 is 2. The van der Waals surface area contributed by atoms with Crippen LogP contribution in [0.2, 0.25) is 0 Å². The summed E-state index contributed by atoms with van der Waals surface area (Å²) in [5.74, 6) is -1.92. The van der Waals surface area contributed by atoms with Gasteiger partial charge in [0.15, 0.2) is 6.29 Å². The van der Waals surface area contributed by atoms with E-state index in [0.717, 1.165) is 15.9 Å². The van der Waals surface area contributed by atoms with E-state index in [1.165, 1.54) is 32.4 Å². The second-order valence-corrected chi connectivity index (χ2v) is 7.05. The lowest BCUT2D eigenvalue weighted by atomic mass is 10.1. The average molecular weight is 444 g/mol. The molecule has 9 heteroatoms. The van der Waals surface area contributed by atoms with Crippen molar-refractivity contribution < 1.29 is 33.0 Å². The molecule has 8 nitrogen and oxygen atoms in total. The summed E-state index contributed by atoms with van der Waals surface area (Å²) in [4.78, 5) is 41.4. The summed E-state index contributed by atoms with van der Waals surface area (Å²) in [6.45, 7) is 2.16. The molecule has 1 atom stereocenters. The van der Waals surface area contributed by atoms with E-state index in [0.29, 0.717) is 18.0 Å². The number of hydrogen-bond donors (Lipinski definition) is 0.